The molecule has 0 saturated heterocycles. The molecule has 0 aliphatic heterocycles. The van der Waals surface area contributed by atoms with Crippen molar-refractivity contribution in [2.24, 2.45) is 10.4 Å². The van der Waals surface area contributed by atoms with Gasteiger partial charge < -0.3 is 0 Å². The number of fused-ring (bicyclic) bond motifs is 3. The minimum atomic E-state index is -0.132. The highest BCUT2D eigenvalue weighted by Gasteiger charge is 2.66. The zero-order valence-electron chi connectivity index (χ0n) is 10.5. The monoisotopic (exact) mass is 233 g/mol. The second kappa shape index (κ2) is 2.92. The first-order valence-corrected chi connectivity index (χ1v) is 6.40. The molecular formula is C17H15N. The van der Waals surface area contributed by atoms with Gasteiger partial charge in [0.15, 0.2) is 0 Å². The van der Waals surface area contributed by atoms with Crippen molar-refractivity contribution >= 4 is 12.3 Å². The molecule has 2 atom stereocenters. The predicted molar refractivity (Wildman–Crippen MR) is 75.6 cm³/mol. The lowest BCUT2D eigenvalue weighted by atomic mass is 9.51. The van der Waals surface area contributed by atoms with Crippen molar-refractivity contribution in [2.75, 3.05) is 0 Å². The van der Waals surface area contributed by atoms with Crippen molar-refractivity contribution in [3.8, 4) is 0 Å². The Morgan fingerprint density at radius 1 is 1.17 bits per heavy atom. The van der Waals surface area contributed by atoms with Gasteiger partial charge in [0.2, 0.25) is 0 Å². The van der Waals surface area contributed by atoms with E-state index in [0.717, 1.165) is 6.42 Å². The molecule has 1 nitrogen and oxygen atoms in total. The summed E-state index contributed by atoms with van der Waals surface area (Å²) < 4.78 is 0. The first-order valence-electron chi connectivity index (χ1n) is 6.40. The molecular weight excluding hydrogens is 218 g/mol. The quantitative estimate of drug-likeness (QED) is 0.653. The van der Waals surface area contributed by atoms with Gasteiger partial charge in [0.05, 0.1) is 0 Å². The molecule has 0 aromatic heterocycles. The fourth-order valence-corrected chi connectivity index (χ4v) is 4.00. The molecule has 1 aromatic rings. The molecule has 0 radical (unpaired) electrons. The Balaban J connectivity index is 2.13. The van der Waals surface area contributed by atoms with Crippen LogP contribution in [0.5, 0.6) is 0 Å². The molecule has 18 heavy (non-hydrogen) atoms. The topological polar surface area (TPSA) is 12.4 Å². The molecule has 1 aromatic carbocycles. The van der Waals surface area contributed by atoms with Crippen LogP contribution in [0.15, 0.2) is 59.1 Å². The van der Waals surface area contributed by atoms with E-state index >= 15 is 0 Å². The van der Waals surface area contributed by atoms with Gasteiger partial charge in [-0.2, -0.15) is 0 Å². The van der Waals surface area contributed by atoms with Crippen molar-refractivity contribution in [1.82, 2.24) is 0 Å². The number of hydrogen-bond acceptors (Lipinski definition) is 1. The van der Waals surface area contributed by atoms with Gasteiger partial charge in [-0.15, -0.1) is 0 Å². The van der Waals surface area contributed by atoms with Gasteiger partial charge in [0.1, 0.15) is 5.54 Å². The van der Waals surface area contributed by atoms with Crippen LogP contribution in [0.3, 0.4) is 0 Å². The van der Waals surface area contributed by atoms with E-state index in [1.54, 1.807) is 0 Å². The second-order valence-electron chi connectivity index (χ2n) is 5.52. The van der Waals surface area contributed by atoms with Crippen LogP contribution in [0.2, 0.25) is 0 Å². The van der Waals surface area contributed by atoms with E-state index in [1.807, 2.05) is 0 Å². The van der Waals surface area contributed by atoms with E-state index in [2.05, 4.69) is 67.2 Å². The van der Waals surface area contributed by atoms with Crippen LogP contribution in [0.1, 0.15) is 24.5 Å². The largest absolute Gasteiger partial charge is 0.288 e. The van der Waals surface area contributed by atoms with E-state index in [9.17, 15) is 0 Å². The SMILES string of the molecule is C=NC12CC3=CC=CC=C(c4ccccc41)C32C. The third kappa shape index (κ3) is 0.798. The van der Waals surface area contributed by atoms with Crippen molar-refractivity contribution in [1.29, 1.82) is 0 Å². The molecule has 88 valence electrons. The lowest BCUT2D eigenvalue weighted by molar-refractivity contribution is 0.181. The molecule has 0 spiro atoms. The summed E-state index contributed by atoms with van der Waals surface area (Å²) in [7, 11) is 0. The molecule has 4 rings (SSSR count). The third-order valence-electron chi connectivity index (χ3n) is 5.06. The fraction of sp³-hybridized carbons (Fsp3) is 0.235. The van der Waals surface area contributed by atoms with Crippen molar-refractivity contribution < 1.29 is 0 Å². The van der Waals surface area contributed by atoms with E-state index in [1.165, 1.54) is 22.3 Å². The summed E-state index contributed by atoms with van der Waals surface area (Å²) >= 11 is 0. The smallest absolute Gasteiger partial charge is 0.102 e. The van der Waals surface area contributed by atoms with Gasteiger partial charge in [-0.05, 0) is 30.3 Å². The Bertz CT molecular complexity index is 662. The lowest BCUT2D eigenvalue weighted by Gasteiger charge is -2.54. The van der Waals surface area contributed by atoms with Gasteiger partial charge in [-0.1, -0.05) is 54.1 Å². The third-order valence-corrected chi connectivity index (χ3v) is 5.06. The number of benzene rings is 1. The van der Waals surface area contributed by atoms with Gasteiger partial charge in [0.25, 0.3) is 0 Å². The van der Waals surface area contributed by atoms with Crippen molar-refractivity contribution in [3.05, 3.63) is 65.3 Å². The number of nitrogens with zero attached hydrogens (tertiary/aromatic N) is 1. The molecule has 3 aliphatic rings. The van der Waals surface area contributed by atoms with Gasteiger partial charge in [0, 0.05) is 11.8 Å². The van der Waals surface area contributed by atoms with Gasteiger partial charge in [-0.3, -0.25) is 4.99 Å². The molecule has 1 fully saturated rings. The number of hydrogen-bond donors (Lipinski definition) is 0. The molecule has 2 unspecified atom stereocenters. The van der Waals surface area contributed by atoms with Crippen LogP contribution < -0.4 is 0 Å². The zero-order valence-corrected chi connectivity index (χ0v) is 10.5. The molecule has 0 heterocycles. The summed E-state index contributed by atoms with van der Waals surface area (Å²) in [5, 5.41) is 0. The number of aliphatic imine (C=N–C) groups is 1. The summed E-state index contributed by atoms with van der Waals surface area (Å²) in [4.78, 5) is 4.57. The predicted octanol–water partition coefficient (Wildman–Crippen LogP) is 3.89. The lowest BCUT2D eigenvalue weighted by Crippen LogP contribution is -2.50. The summed E-state index contributed by atoms with van der Waals surface area (Å²) in [6, 6.07) is 8.65. The standard InChI is InChI=1S/C17H15N/c1-16-12-7-3-5-9-14(16)13-8-4-6-10-15(13)17(16,11-12)18-2/h3-10H,2,11H2,1H3. The summed E-state index contributed by atoms with van der Waals surface area (Å²) in [6.07, 6.45) is 9.78. The molecule has 1 saturated carbocycles. The fourth-order valence-electron chi connectivity index (χ4n) is 4.00. The molecule has 0 bridgehead atoms. The maximum absolute atomic E-state index is 4.57. The molecule has 0 N–H and O–H groups in total. The average Bonchev–Trinajstić information content (AvgIpc) is 2.49. The maximum atomic E-state index is 4.57. The van der Waals surface area contributed by atoms with E-state index in [-0.39, 0.29) is 11.0 Å². The summed E-state index contributed by atoms with van der Waals surface area (Å²) in [6.45, 7) is 6.21. The molecule has 1 heteroatoms. The molecule has 0 amide bonds. The minimum absolute atomic E-state index is 0.0158. The summed E-state index contributed by atoms with van der Waals surface area (Å²) in [5.74, 6) is 0. The van der Waals surface area contributed by atoms with Crippen LogP contribution in [-0.4, -0.2) is 6.72 Å². The van der Waals surface area contributed by atoms with Crippen molar-refractivity contribution in [3.63, 3.8) is 0 Å². The van der Waals surface area contributed by atoms with E-state index in [4.69, 9.17) is 0 Å². The van der Waals surface area contributed by atoms with E-state index < -0.39 is 0 Å². The van der Waals surface area contributed by atoms with Gasteiger partial charge >= 0.3 is 0 Å². The highest BCUT2D eigenvalue weighted by Crippen LogP contribution is 2.73. The molecule has 3 aliphatic carbocycles. The zero-order chi connectivity index (χ0) is 12.4. The Hall–Kier alpha value is -1.89. The Kier molecular flexibility index (Phi) is 1.63. The Morgan fingerprint density at radius 3 is 2.78 bits per heavy atom. The number of rotatable bonds is 1. The van der Waals surface area contributed by atoms with E-state index in [0.29, 0.717) is 0 Å². The van der Waals surface area contributed by atoms with Gasteiger partial charge in [-0.25, -0.2) is 0 Å². The van der Waals surface area contributed by atoms with Crippen LogP contribution in [-0.2, 0) is 5.54 Å². The Morgan fingerprint density at radius 2 is 1.94 bits per heavy atom. The minimum Gasteiger partial charge on any atom is -0.288 e. The van der Waals surface area contributed by atoms with Crippen LogP contribution in [0, 0.1) is 5.41 Å². The first kappa shape index (κ1) is 10.1. The van der Waals surface area contributed by atoms with Crippen molar-refractivity contribution in [2.45, 2.75) is 18.9 Å². The maximum Gasteiger partial charge on any atom is 0.102 e. The van der Waals surface area contributed by atoms with Crippen LogP contribution >= 0.6 is 0 Å². The average molecular weight is 233 g/mol. The highest BCUT2D eigenvalue weighted by molar-refractivity contribution is 5.88. The van der Waals surface area contributed by atoms with Crippen LogP contribution in [0.4, 0.5) is 0 Å². The normalized spacial score (nSPS) is 34.7. The number of allylic oxidation sites excluding steroid dienone is 4. The summed E-state index contributed by atoms with van der Waals surface area (Å²) in [5.41, 5.74) is 5.46. The Labute approximate surface area is 107 Å². The first-order chi connectivity index (χ1) is 8.74. The van der Waals surface area contributed by atoms with Crippen LogP contribution in [0.25, 0.3) is 5.57 Å². The highest BCUT2D eigenvalue weighted by atomic mass is 15.0. The second-order valence-corrected chi connectivity index (χ2v) is 5.52.